The van der Waals surface area contributed by atoms with Gasteiger partial charge >= 0.3 is 0 Å². The lowest BCUT2D eigenvalue weighted by Gasteiger charge is -2.20. The highest BCUT2D eigenvalue weighted by molar-refractivity contribution is 4.79. The van der Waals surface area contributed by atoms with E-state index in [9.17, 15) is 8.78 Å². The monoisotopic (exact) mass is 250 g/mol. The minimum atomic E-state index is -2.53. The molecule has 0 radical (unpaired) electrons. The number of ether oxygens (including phenoxy) is 2. The number of rotatable bonds is 8. The Hall–Kier alpha value is -0.220. The van der Waals surface area contributed by atoms with Gasteiger partial charge in [-0.1, -0.05) is 6.92 Å². The van der Waals surface area contributed by atoms with Crippen LogP contribution in [0.2, 0.25) is 0 Å². The van der Waals surface area contributed by atoms with Gasteiger partial charge in [0.2, 0.25) is 5.92 Å². The Morgan fingerprint density at radius 2 is 1.76 bits per heavy atom. The second-order valence-corrected chi connectivity index (χ2v) is 4.65. The fourth-order valence-electron chi connectivity index (χ4n) is 2.23. The van der Waals surface area contributed by atoms with Crippen LogP contribution in [-0.4, -0.2) is 31.3 Å². The quantitative estimate of drug-likeness (QED) is 0.610. The van der Waals surface area contributed by atoms with Gasteiger partial charge in [-0.2, -0.15) is 0 Å². The summed E-state index contributed by atoms with van der Waals surface area (Å²) in [6, 6.07) is 0. The van der Waals surface area contributed by atoms with E-state index in [1.54, 1.807) is 0 Å². The molecule has 1 rings (SSSR count). The first kappa shape index (κ1) is 14.8. The molecule has 0 saturated heterocycles. The van der Waals surface area contributed by atoms with Gasteiger partial charge in [-0.05, 0) is 32.6 Å². The van der Waals surface area contributed by atoms with E-state index in [-0.39, 0.29) is 25.0 Å². The first-order valence-corrected chi connectivity index (χ1v) is 6.70. The van der Waals surface area contributed by atoms with Crippen LogP contribution in [0.5, 0.6) is 0 Å². The first-order valence-electron chi connectivity index (χ1n) is 6.70. The molecule has 0 aromatic heterocycles. The van der Waals surface area contributed by atoms with Crippen LogP contribution < -0.4 is 0 Å². The highest BCUT2D eigenvalue weighted by atomic mass is 19.3. The van der Waals surface area contributed by atoms with E-state index >= 15 is 0 Å². The van der Waals surface area contributed by atoms with Crippen molar-refractivity contribution >= 4 is 0 Å². The van der Waals surface area contributed by atoms with Crippen molar-refractivity contribution in [1.82, 2.24) is 0 Å². The molecule has 0 heterocycles. The van der Waals surface area contributed by atoms with Gasteiger partial charge in [-0.25, -0.2) is 8.78 Å². The van der Waals surface area contributed by atoms with Crippen LogP contribution in [-0.2, 0) is 9.47 Å². The molecule has 2 unspecified atom stereocenters. The van der Waals surface area contributed by atoms with Crippen molar-refractivity contribution in [3.05, 3.63) is 0 Å². The highest BCUT2D eigenvalue weighted by Gasteiger charge is 2.29. The lowest BCUT2D eigenvalue weighted by Crippen LogP contribution is -2.27. The summed E-state index contributed by atoms with van der Waals surface area (Å²) in [5, 5.41) is 0. The van der Waals surface area contributed by atoms with Gasteiger partial charge in [-0.3, -0.25) is 0 Å². The van der Waals surface area contributed by atoms with E-state index in [4.69, 9.17) is 9.47 Å². The second-order valence-electron chi connectivity index (χ2n) is 4.65. The lowest BCUT2D eigenvalue weighted by molar-refractivity contribution is -0.0632. The maximum atomic E-state index is 13.0. The zero-order valence-electron chi connectivity index (χ0n) is 10.9. The van der Waals surface area contributed by atoms with Crippen LogP contribution >= 0.6 is 0 Å². The molecule has 2 atom stereocenters. The van der Waals surface area contributed by atoms with Crippen LogP contribution in [0, 0.1) is 0 Å². The molecule has 17 heavy (non-hydrogen) atoms. The van der Waals surface area contributed by atoms with Crippen molar-refractivity contribution in [3.63, 3.8) is 0 Å². The van der Waals surface area contributed by atoms with Crippen molar-refractivity contribution in [2.75, 3.05) is 13.2 Å². The molecule has 0 bridgehead atoms. The van der Waals surface area contributed by atoms with E-state index in [1.807, 2.05) is 6.92 Å². The van der Waals surface area contributed by atoms with E-state index < -0.39 is 5.92 Å². The molecule has 1 fully saturated rings. The van der Waals surface area contributed by atoms with Crippen molar-refractivity contribution in [3.8, 4) is 0 Å². The van der Waals surface area contributed by atoms with Gasteiger partial charge in [0.1, 0.15) is 0 Å². The molecule has 0 N–H and O–H groups in total. The fraction of sp³-hybridized carbons (Fsp3) is 1.00. The molecule has 0 aromatic carbocycles. The average Bonchev–Trinajstić information content (AvgIpc) is 2.73. The number of hydrogen-bond acceptors (Lipinski definition) is 2. The zero-order valence-corrected chi connectivity index (χ0v) is 10.9. The van der Waals surface area contributed by atoms with Crippen LogP contribution in [0.15, 0.2) is 0 Å². The van der Waals surface area contributed by atoms with Crippen LogP contribution in [0.1, 0.15) is 52.4 Å². The van der Waals surface area contributed by atoms with E-state index in [0.29, 0.717) is 19.6 Å². The van der Waals surface area contributed by atoms with Crippen molar-refractivity contribution < 1.29 is 18.3 Å². The summed E-state index contributed by atoms with van der Waals surface area (Å²) in [7, 11) is 0. The van der Waals surface area contributed by atoms with Crippen LogP contribution in [0.25, 0.3) is 0 Å². The molecule has 1 aliphatic rings. The van der Waals surface area contributed by atoms with Crippen LogP contribution in [0.3, 0.4) is 0 Å². The Balaban J connectivity index is 2.13. The third-order valence-electron chi connectivity index (χ3n) is 3.31. The summed E-state index contributed by atoms with van der Waals surface area (Å²) in [6.45, 7) is 4.60. The number of alkyl halides is 2. The summed E-state index contributed by atoms with van der Waals surface area (Å²) < 4.78 is 37.2. The highest BCUT2D eigenvalue weighted by Crippen LogP contribution is 2.27. The van der Waals surface area contributed by atoms with Gasteiger partial charge in [0, 0.05) is 26.1 Å². The van der Waals surface area contributed by atoms with Gasteiger partial charge in [0.25, 0.3) is 0 Å². The van der Waals surface area contributed by atoms with Gasteiger partial charge in [0.15, 0.2) is 0 Å². The first-order chi connectivity index (χ1) is 8.09. The molecule has 1 saturated carbocycles. The fourth-order valence-corrected chi connectivity index (χ4v) is 2.23. The normalized spacial score (nSPS) is 25.4. The minimum Gasteiger partial charge on any atom is -0.376 e. The Labute approximate surface area is 103 Å². The summed E-state index contributed by atoms with van der Waals surface area (Å²) >= 11 is 0. The molecular formula is C13H24F2O2. The smallest absolute Gasteiger partial charge is 0.248 e. The molecular weight excluding hydrogens is 226 g/mol. The summed E-state index contributed by atoms with van der Waals surface area (Å²) in [6.07, 6.45) is 3.69. The van der Waals surface area contributed by atoms with Gasteiger partial charge in [-0.15, -0.1) is 0 Å². The molecule has 0 aromatic rings. The topological polar surface area (TPSA) is 18.5 Å². The SMILES string of the molecule is CCOC1CCCC1OCCCC(F)(F)CC. The van der Waals surface area contributed by atoms with Crippen molar-refractivity contribution in [1.29, 1.82) is 0 Å². The maximum Gasteiger partial charge on any atom is 0.248 e. The average molecular weight is 250 g/mol. The molecule has 102 valence electrons. The third-order valence-corrected chi connectivity index (χ3v) is 3.31. The predicted octanol–water partition coefficient (Wildman–Crippen LogP) is 3.79. The van der Waals surface area contributed by atoms with Crippen molar-refractivity contribution in [2.24, 2.45) is 0 Å². The standard InChI is InChI=1S/C13H24F2O2/c1-3-13(14,15)9-6-10-17-12-8-5-7-11(12)16-4-2/h11-12H,3-10H2,1-2H3. The third kappa shape index (κ3) is 5.30. The number of halogens is 2. The van der Waals surface area contributed by atoms with E-state index in [1.165, 1.54) is 6.92 Å². The lowest BCUT2D eigenvalue weighted by atomic mass is 10.1. The largest absolute Gasteiger partial charge is 0.376 e. The van der Waals surface area contributed by atoms with Crippen LogP contribution in [0.4, 0.5) is 8.78 Å². The Morgan fingerprint density at radius 1 is 1.12 bits per heavy atom. The van der Waals surface area contributed by atoms with Crippen molar-refractivity contribution in [2.45, 2.75) is 70.5 Å². The van der Waals surface area contributed by atoms with E-state index in [2.05, 4.69) is 0 Å². The molecule has 2 nitrogen and oxygen atoms in total. The second kappa shape index (κ2) is 7.27. The Bertz CT molecular complexity index is 210. The summed E-state index contributed by atoms with van der Waals surface area (Å²) in [4.78, 5) is 0. The van der Waals surface area contributed by atoms with Gasteiger partial charge in [0.05, 0.1) is 12.2 Å². The molecule has 4 heteroatoms. The summed E-state index contributed by atoms with van der Waals surface area (Å²) in [5.74, 6) is -2.53. The summed E-state index contributed by atoms with van der Waals surface area (Å²) in [5.41, 5.74) is 0. The predicted molar refractivity (Wildman–Crippen MR) is 63.5 cm³/mol. The maximum absolute atomic E-state index is 13.0. The number of hydrogen-bond donors (Lipinski definition) is 0. The Morgan fingerprint density at radius 3 is 2.35 bits per heavy atom. The molecule has 0 aliphatic heterocycles. The molecule has 1 aliphatic carbocycles. The van der Waals surface area contributed by atoms with E-state index in [0.717, 1.165) is 19.3 Å². The van der Waals surface area contributed by atoms with Gasteiger partial charge < -0.3 is 9.47 Å². The molecule has 0 amide bonds. The molecule has 0 spiro atoms. The minimum absolute atomic E-state index is 0.0739. The zero-order chi connectivity index (χ0) is 12.7. The Kier molecular flexibility index (Phi) is 6.34.